The van der Waals surface area contributed by atoms with Crippen LogP contribution in [-0.4, -0.2) is 62.6 Å². The molecule has 0 aromatic rings. The molecule has 0 radical (unpaired) electrons. The third kappa shape index (κ3) is 24.3. The van der Waals surface area contributed by atoms with Crippen molar-refractivity contribution in [2.45, 2.75) is 208 Å². The monoisotopic (exact) mass is 936 g/mol. The van der Waals surface area contributed by atoms with Crippen molar-refractivity contribution >= 4 is 40.1 Å². The molecule has 0 unspecified atom stereocenters. The molecule has 0 aliphatic heterocycles. The van der Waals surface area contributed by atoms with Crippen LogP contribution in [0.4, 0.5) is 0 Å². The summed E-state index contributed by atoms with van der Waals surface area (Å²) in [6.45, 7) is -1.57. The minimum atomic E-state index is -5.75. The molecular weight excluding hydrogens is 861 g/mol. The molecule has 0 amide bonds. The van der Waals surface area contributed by atoms with Crippen LogP contribution in [-0.2, 0) is 40.1 Å². The molecule has 352 valence electrons. The Balaban J connectivity index is 6.37. The minimum Gasteiger partial charge on any atom is -0.212 e. The standard InChI is InChI=1S/C41H76N8O8S4/c42-33-25-17-9-1-5-13-21-29-37-46-58(50,51)41(59(52,53)47-38-30-22-14-6-2-10-18-26-34-43,60(54,55)48-39-31-23-15-7-3-11-19-27-35-44)61(56,57)49-40-32-24-16-8-4-12-20-28-36-45/h46-49H,1-32,37-40H2. The lowest BCUT2D eigenvalue weighted by Gasteiger charge is -2.32. The van der Waals surface area contributed by atoms with E-state index in [4.69, 9.17) is 21.0 Å². The first-order valence-corrected chi connectivity index (χ1v) is 28.6. The first-order chi connectivity index (χ1) is 29.2. The fourth-order valence-electron chi connectivity index (χ4n) is 6.90. The summed E-state index contributed by atoms with van der Waals surface area (Å²) in [5.74, 6) is 0. The average Bonchev–Trinajstić information content (AvgIpc) is 3.20. The van der Waals surface area contributed by atoms with E-state index in [1.54, 1.807) is 0 Å². The van der Waals surface area contributed by atoms with Gasteiger partial charge in [0, 0.05) is 51.9 Å². The minimum absolute atomic E-state index is 0.200. The van der Waals surface area contributed by atoms with Crippen LogP contribution < -0.4 is 18.9 Å². The van der Waals surface area contributed by atoms with Crippen molar-refractivity contribution in [1.29, 1.82) is 21.0 Å². The summed E-state index contributed by atoms with van der Waals surface area (Å²) in [5, 5.41) is 34.9. The normalized spacial score (nSPS) is 12.4. The third-order valence-corrected chi connectivity index (χ3v) is 23.2. The number of hydrogen-bond acceptors (Lipinski definition) is 12. The smallest absolute Gasteiger partial charge is 0.212 e. The number of hydrogen-bond donors (Lipinski definition) is 4. The van der Waals surface area contributed by atoms with Crippen molar-refractivity contribution in [3.05, 3.63) is 0 Å². The van der Waals surface area contributed by atoms with Gasteiger partial charge in [0.25, 0.3) is 40.1 Å². The summed E-state index contributed by atoms with van der Waals surface area (Å²) in [5.41, 5.74) is 0. The highest BCUT2D eigenvalue weighted by Gasteiger charge is 2.74. The number of nitriles is 4. The second-order valence-electron chi connectivity index (χ2n) is 15.6. The molecule has 0 saturated carbocycles. The van der Waals surface area contributed by atoms with Crippen molar-refractivity contribution in [1.82, 2.24) is 18.9 Å². The van der Waals surface area contributed by atoms with Crippen LogP contribution >= 0.6 is 0 Å². The fraction of sp³-hybridized carbons (Fsp3) is 0.902. The molecule has 61 heavy (non-hydrogen) atoms. The largest absolute Gasteiger partial charge is 0.423 e. The molecule has 0 aromatic heterocycles. The van der Waals surface area contributed by atoms with E-state index in [0.717, 1.165) is 103 Å². The zero-order chi connectivity index (χ0) is 45.6. The fourth-order valence-corrected chi connectivity index (χ4v) is 18.3. The molecule has 0 fully saturated rings. The highest BCUT2D eigenvalue weighted by Crippen LogP contribution is 2.36. The Bertz CT molecular complexity index is 1510. The number of nitrogens with zero attached hydrogens (tertiary/aromatic N) is 4. The van der Waals surface area contributed by atoms with Gasteiger partial charge in [0.05, 0.1) is 24.3 Å². The zero-order valence-corrected chi connectivity index (χ0v) is 39.9. The summed E-state index contributed by atoms with van der Waals surface area (Å²) in [4.78, 5) is 0. The SMILES string of the molecule is N#CCCCCCCCCCNS(=O)(=O)C(S(=O)(=O)NCCCCCCCCCC#N)(S(=O)(=O)NCCCCCCCCCC#N)S(=O)(=O)NCCCCCCCCCC#N. The van der Waals surface area contributed by atoms with Gasteiger partial charge in [-0.2, -0.15) is 21.0 Å². The Morgan fingerprint density at radius 1 is 0.262 bits per heavy atom. The van der Waals surface area contributed by atoms with Gasteiger partial charge in [0.15, 0.2) is 0 Å². The molecule has 0 saturated heterocycles. The Kier molecular flexibility index (Phi) is 34.6. The van der Waals surface area contributed by atoms with E-state index in [9.17, 15) is 33.7 Å². The Labute approximate surface area is 370 Å². The van der Waals surface area contributed by atoms with Gasteiger partial charge in [-0.1, -0.05) is 128 Å². The zero-order valence-electron chi connectivity index (χ0n) is 36.6. The van der Waals surface area contributed by atoms with E-state index in [-0.39, 0.29) is 25.7 Å². The van der Waals surface area contributed by atoms with E-state index in [1.165, 1.54) is 0 Å². The van der Waals surface area contributed by atoms with Crippen molar-refractivity contribution in [2.24, 2.45) is 0 Å². The maximum atomic E-state index is 14.4. The van der Waals surface area contributed by atoms with Gasteiger partial charge in [-0.25, -0.2) is 52.6 Å². The molecule has 16 nitrogen and oxygen atoms in total. The molecule has 0 spiro atoms. The lowest BCUT2D eigenvalue weighted by Crippen LogP contribution is -2.69. The van der Waals surface area contributed by atoms with Gasteiger partial charge in [-0.15, -0.1) is 0 Å². The lowest BCUT2D eigenvalue weighted by atomic mass is 10.1. The number of sulfonamides is 4. The highest BCUT2D eigenvalue weighted by atomic mass is 32.4. The third-order valence-electron chi connectivity index (χ3n) is 10.3. The first-order valence-electron chi connectivity index (χ1n) is 22.7. The van der Waals surface area contributed by atoms with Crippen LogP contribution in [0.5, 0.6) is 0 Å². The molecule has 0 aliphatic carbocycles. The molecule has 20 heteroatoms. The summed E-state index contributed by atoms with van der Waals surface area (Å²) < 4.78 is 119. The van der Waals surface area contributed by atoms with Crippen molar-refractivity contribution < 1.29 is 33.7 Å². The van der Waals surface area contributed by atoms with E-state index in [2.05, 4.69) is 43.2 Å². The molecule has 0 heterocycles. The van der Waals surface area contributed by atoms with Gasteiger partial charge in [0.1, 0.15) is 0 Å². The molecule has 0 aliphatic rings. The van der Waals surface area contributed by atoms with Gasteiger partial charge >= 0.3 is 2.74 Å². The second-order valence-corrected chi connectivity index (χ2v) is 24.8. The van der Waals surface area contributed by atoms with E-state index >= 15 is 0 Å². The Morgan fingerprint density at radius 2 is 0.410 bits per heavy atom. The van der Waals surface area contributed by atoms with Crippen molar-refractivity contribution in [2.75, 3.05) is 26.2 Å². The van der Waals surface area contributed by atoms with Crippen molar-refractivity contribution in [3.63, 3.8) is 0 Å². The number of nitrogens with one attached hydrogen (secondary N) is 4. The van der Waals surface area contributed by atoms with Crippen LogP contribution in [0.2, 0.25) is 0 Å². The van der Waals surface area contributed by atoms with Crippen LogP contribution in [0.25, 0.3) is 0 Å². The number of unbranched alkanes of at least 4 members (excludes halogenated alkanes) is 28. The van der Waals surface area contributed by atoms with Gasteiger partial charge in [-0.05, 0) is 51.4 Å². The second kappa shape index (κ2) is 36.0. The van der Waals surface area contributed by atoms with Gasteiger partial charge in [-0.3, -0.25) is 0 Å². The Morgan fingerprint density at radius 3 is 0.574 bits per heavy atom. The van der Waals surface area contributed by atoms with Crippen LogP contribution in [0, 0.1) is 45.3 Å². The summed E-state index contributed by atoms with van der Waals surface area (Å²) in [6, 6.07) is 8.40. The molecular formula is C41H76N8O8S4. The highest BCUT2D eigenvalue weighted by molar-refractivity contribution is 8.38. The Hall–Kier alpha value is -2.40. The van der Waals surface area contributed by atoms with Crippen molar-refractivity contribution in [3.8, 4) is 24.3 Å². The van der Waals surface area contributed by atoms with Gasteiger partial charge < -0.3 is 0 Å². The predicted octanol–water partition coefficient (Wildman–Crippen LogP) is 7.85. The summed E-state index contributed by atoms with van der Waals surface area (Å²) in [6.07, 6.45) is 21.0. The summed E-state index contributed by atoms with van der Waals surface area (Å²) in [7, 11) is -23.0. The predicted molar refractivity (Wildman–Crippen MR) is 241 cm³/mol. The molecule has 4 N–H and O–H groups in total. The topological polar surface area (TPSA) is 280 Å². The van der Waals surface area contributed by atoms with E-state index in [0.29, 0.717) is 77.0 Å². The van der Waals surface area contributed by atoms with Gasteiger partial charge in [0.2, 0.25) is 0 Å². The quantitative estimate of drug-likeness (QED) is 0.0425. The van der Waals surface area contributed by atoms with E-state index < -0.39 is 69.0 Å². The molecule has 0 bridgehead atoms. The molecule has 0 aromatic carbocycles. The van der Waals surface area contributed by atoms with Crippen LogP contribution in [0.1, 0.15) is 205 Å². The maximum absolute atomic E-state index is 14.4. The first kappa shape index (κ1) is 58.6. The molecule has 0 rings (SSSR count). The maximum Gasteiger partial charge on any atom is 0.423 e. The van der Waals surface area contributed by atoms with E-state index in [1.807, 2.05) is 0 Å². The summed E-state index contributed by atoms with van der Waals surface area (Å²) >= 11 is 0. The average molecular weight is 937 g/mol. The van der Waals surface area contributed by atoms with Crippen LogP contribution in [0.15, 0.2) is 0 Å². The lowest BCUT2D eigenvalue weighted by molar-refractivity contribution is 0.526. The number of rotatable bonds is 44. The molecule has 0 atom stereocenters. The van der Waals surface area contributed by atoms with Crippen LogP contribution in [0.3, 0.4) is 0 Å².